The van der Waals surface area contributed by atoms with Crippen LogP contribution in [0.15, 0.2) is 24.4 Å². The molecule has 0 unspecified atom stereocenters. The van der Waals surface area contributed by atoms with E-state index in [1.807, 2.05) is 0 Å². The molecule has 0 spiro atoms. The number of benzene rings is 1. The smallest absolute Gasteiger partial charge is 0.0483 e. The number of nitrogens with two attached hydrogens (primary N) is 1. The molecule has 0 atom stereocenters. The lowest BCUT2D eigenvalue weighted by molar-refractivity contribution is 0.669. The highest BCUT2D eigenvalue weighted by molar-refractivity contribution is 5.84. The Morgan fingerprint density at radius 3 is 2.81 bits per heavy atom. The molecule has 2 N–H and O–H groups in total. The molecule has 2 nitrogen and oxygen atoms in total. The van der Waals surface area contributed by atoms with Gasteiger partial charge in [-0.25, -0.2) is 0 Å². The summed E-state index contributed by atoms with van der Waals surface area (Å²) in [4.78, 5) is 0. The first-order chi connectivity index (χ1) is 7.76. The number of fused-ring (bicyclic) bond motifs is 1. The van der Waals surface area contributed by atoms with Gasteiger partial charge in [-0.1, -0.05) is 18.6 Å². The molecule has 2 aromatic rings. The SMILES string of the molecule is CCc1cn(CCCN)c2ccc(C)cc12. The molecular formula is C14H20N2. The Morgan fingerprint density at radius 2 is 2.12 bits per heavy atom. The number of hydrogen-bond acceptors (Lipinski definition) is 1. The lowest BCUT2D eigenvalue weighted by atomic mass is 10.1. The van der Waals surface area contributed by atoms with Crippen LogP contribution in [0.2, 0.25) is 0 Å². The highest BCUT2D eigenvalue weighted by Gasteiger charge is 2.06. The molecule has 2 rings (SSSR count). The van der Waals surface area contributed by atoms with E-state index in [4.69, 9.17) is 5.73 Å². The second kappa shape index (κ2) is 4.71. The monoisotopic (exact) mass is 216 g/mol. The third-order valence-electron chi connectivity index (χ3n) is 3.10. The average molecular weight is 216 g/mol. The van der Waals surface area contributed by atoms with Gasteiger partial charge in [0.05, 0.1) is 0 Å². The van der Waals surface area contributed by atoms with Crippen LogP contribution >= 0.6 is 0 Å². The van der Waals surface area contributed by atoms with E-state index in [0.29, 0.717) is 0 Å². The van der Waals surface area contributed by atoms with Gasteiger partial charge in [0.1, 0.15) is 0 Å². The van der Waals surface area contributed by atoms with Crippen molar-refractivity contribution in [2.24, 2.45) is 5.73 Å². The molecule has 0 aliphatic rings. The van der Waals surface area contributed by atoms with Crippen LogP contribution in [0, 0.1) is 6.92 Å². The molecule has 0 bridgehead atoms. The maximum absolute atomic E-state index is 5.57. The quantitative estimate of drug-likeness (QED) is 0.837. The van der Waals surface area contributed by atoms with Crippen molar-refractivity contribution in [3.05, 3.63) is 35.5 Å². The number of hydrogen-bond donors (Lipinski definition) is 1. The number of rotatable bonds is 4. The summed E-state index contributed by atoms with van der Waals surface area (Å²) in [6, 6.07) is 6.69. The van der Waals surface area contributed by atoms with Crippen LogP contribution in [0.25, 0.3) is 10.9 Å². The van der Waals surface area contributed by atoms with Crippen LogP contribution in [0.4, 0.5) is 0 Å². The van der Waals surface area contributed by atoms with Crippen molar-refractivity contribution in [2.75, 3.05) is 6.54 Å². The summed E-state index contributed by atoms with van der Waals surface area (Å²) >= 11 is 0. The zero-order chi connectivity index (χ0) is 11.5. The Labute approximate surface area is 97.1 Å². The van der Waals surface area contributed by atoms with Crippen LogP contribution in [0.3, 0.4) is 0 Å². The molecule has 0 aliphatic heterocycles. The fourth-order valence-corrected chi connectivity index (χ4v) is 2.21. The molecule has 1 heterocycles. The highest BCUT2D eigenvalue weighted by atomic mass is 15.0. The molecular weight excluding hydrogens is 196 g/mol. The van der Waals surface area contributed by atoms with Crippen LogP contribution < -0.4 is 5.73 Å². The van der Waals surface area contributed by atoms with Gasteiger partial charge in [0, 0.05) is 23.6 Å². The van der Waals surface area contributed by atoms with Gasteiger partial charge in [-0.05, 0) is 44.0 Å². The summed E-state index contributed by atoms with van der Waals surface area (Å²) in [5.41, 5.74) is 9.69. The van der Waals surface area contributed by atoms with Gasteiger partial charge < -0.3 is 10.3 Å². The minimum atomic E-state index is 0.757. The van der Waals surface area contributed by atoms with Gasteiger partial charge in [-0.3, -0.25) is 0 Å². The fourth-order valence-electron chi connectivity index (χ4n) is 2.21. The van der Waals surface area contributed by atoms with Gasteiger partial charge in [0.25, 0.3) is 0 Å². The summed E-state index contributed by atoms with van der Waals surface area (Å²) in [6.45, 7) is 6.14. The van der Waals surface area contributed by atoms with Crippen LogP contribution in [0.1, 0.15) is 24.5 Å². The Hall–Kier alpha value is -1.28. The van der Waals surface area contributed by atoms with Crippen LogP contribution in [-0.4, -0.2) is 11.1 Å². The Bertz CT molecular complexity index is 483. The zero-order valence-electron chi connectivity index (χ0n) is 10.2. The molecule has 0 aliphatic carbocycles. The average Bonchev–Trinajstić information content (AvgIpc) is 2.63. The second-order valence-corrected chi connectivity index (χ2v) is 4.36. The van der Waals surface area contributed by atoms with Gasteiger partial charge in [0.15, 0.2) is 0 Å². The molecule has 16 heavy (non-hydrogen) atoms. The molecule has 1 aromatic carbocycles. The van der Waals surface area contributed by atoms with E-state index in [1.165, 1.54) is 22.0 Å². The van der Waals surface area contributed by atoms with Crippen LogP contribution in [0.5, 0.6) is 0 Å². The fraction of sp³-hybridized carbons (Fsp3) is 0.429. The predicted molar refractivity (Wildman–Crippen MR) is 69.7 cm³/mol. The van der Waals surface area contributed by atoms with Crippen molar-refractivity contribution in [1.29, 1.82) is 0 Å². The van der Waals surface area contributed by atoms with Crippen molar-refractivity contribution in [2.45, 2.75) is 33.2 Å². The van der Waals surface area contributed by atoms with Gasteiger partial charge in [0.2, 0.25) is 0 Å². The highest BCUT2D eigenvalue weighted by Crippen LogP contribution is 2.23. The van der Waals surface area contributed by atoms with E-state index < -0.39 is 0 Å². The molecule has 0 radical (unpaired) electrons. The summed E-state index contributed by atoms with van der Waals surface area (Å²) < 4.78 is 2.33. The number of aryl methyl sites for hydroxylation is 3. The van der Waals surface area contributed by atoms with E-state index in [1.54, 1.807) is 0 Å². The largest absolute Gasteiger partial charge is 0.347 e. The van der Waals surface area contributed by atoms with E-state index in [9.17, 15) is 0 Å². The van der Waals surface area contributed by atoms with Crippen LogP contribution in [-0.2, 0) is 13.0 Å². The van der Waals surface area contributed by atoms with E-state index in [-0.39, 0.29) is 0 Å². The third-order valence-corrected chi connectivity index (χ3v) is 3.10. The first-order valence-electron chi connectivity index (χ1n) is 6.04. The summed E-state index contributed by atoms with van der Waals surface area (Å²) in [5.74, 6) is 0. The standard InChI is InChI=1S/C14H20N2/c1-3-12-10-16(8-4-7-15)14-6-5-11(2)9-13(12)14/h5-6,9-10H,3-4,7-8,15H2,1-2H3. The molecule has 0 saturated heterocycles. The Kier molecular flexibility index (Phi) is 3.30. The lowest BCUT2D eigenvalue weighted by Gasteiger charge is -2.03. The normalized spacial score (nSPS) is 11.2. The van der Waals surface area contributed by atoms with Crippen molar-refractivity contribution in [3.63, 3.8) is 0 Å². The summed E-state index contributed by atoms with van der Waals surface area (Å²) in [7, 11) is 0. The van der Waals surface area contributed by atoms with E-state index in [0.717, 1.165) is 25.9 Å². The number of aromatic nitrogens is 1. The van der Waals surface area contributed by atoms with E-state index >= 15 is 0 Å². The van der Waals surface area contributed by atoms with Gasteiger partial charge in [-0.15, -0.1) is 0 Å². The second-order valence-electron chi connectivity index (χ2n) is 4.36. The topological polar surface area (TPSA) is 30.9 Å². The van der Waals surface area contributed by atoms with Crippen molar-refractivity contribution < 1.29 is 0 Å². The van der Waals surface area contributed by atoms with Crippen molar-refractivity contribution in [3.8, 4) is 0 Å². The summed E-state index contributed by atoms with van der Waals surface area (Å²) in [5, 5.41) is 1.40. The molecule has 1 aromatic heterocycles. The maximum atomic E-state index is 5.57. The summed E-state index contributed by atoms with van der Waals surface area (Å²) in [6.07, 6.45) is 4.41. The number of nitrogens with zero attached hydrogens (tertiary/aromatic N) is 1. The predicted octanol–water partition coefficient (Wildman–Crippen LogP) is 2.86. The van der Waals surface area contributed by atoms with E-state index in [2.05, 4.69) is 42.8 Å². The van der Waals surface area contributed by atoms with Crippen molar-refractivity contribution >= 4 is 10.9 Å². The Morgan fingerprint density at radius 1 is 1.31 bits per heavy atom. The molecule has 0 fully saturated rings. The molecule has 2 heteroatoms. The lowest BCUT2D eigenvalue weighted by Crippen LogP contribution is -2.04. The maximum Gasteiger partial charge on any atom is 0.0483 e. The molecule has 0 saturated carbocycles. The minimum Gasteiger partial charge on any atom is -0.347 e. The Balaban J connectivity index is 2.50. The third kappa shape index (κ3) is 1.98. The minimum absolute atomic E-state index is 0.757. The first-order valence-corrected chi connectivity index (χ1v) is 6.04. The van der Waals surface area contributed by atoms with Crippen molar-refractivity contribution in [1.82, 2.24) is 4.57 Å². The molecule has 0 amide bonds. The first kappa shape index (κ1) is 11.2. The zero-order valence-corrected chi connectivity index (χ0v) is 10.2. The molecule has 86 valence electrons. The van der Waals surface area contributed by atoms with Gasteiger partial charge >= 0.3 is 0 Å². The van der Waals surface area contributed by atoms with Gasteiger partial charge in [-0.2, -0.15) is 0 Å².